The fraction of sp³-hybridized carbons (Fsp3) is 1.00. The molecule has 0 aromatic rings. The van der Waals surface area contributed by atoms with Crippen LogP contribution in [0.3, 0.4) is 0 Å². The van der Waals surface area contributed by atoms with Gasteiger partial charge in [-0.1, -0.05) is 32.6 Å². The summed E-state index contributed by atoms with van der Waals surface area (Å²) in [6.07, 6.45) is 6.61. The first kappa shape index (κ1) is 15.0. The van der Waals surface area contributed by atoms with Gasteiger partial charge in [0, 0.05) is 12.2 Å². The highest BCUT2D eigenvalue weighted by molar-refractivity contribution is 6.44. The molecule has 0 aromatic carbocycles. The maximum absolute atomic E-state index is 5.72. The average Bonchev–Trinajstić information content (AvgIpc) is 2.10. The molecule has 0 unspecified atom stereocenters. The molecule has 0 spiro atoms. The van der Waals surface area contributed by atoms with E-state index in [1.165, 1.54) is 25.7 Å². The summed E-state index contributed by atoms with van der Waals surface area (Å²) in [5.41, 5.74) is 0. The largest absolute Gasteiger partial charge is 0.457 e. The summed E-state index contributed by atoms with van der Waals surface area (Å²) >= 11 is 0. The molecule has 0 N–H and O–H groups in total. The number of hydrogen-bond donors (Lipinski definition) is 0. The van der Waals surface area contributed by atoms with Crippen molar-refractivity contribution >= 4 is 7.12 Å². The molecule has 0 atom stereocenters. The first-order valence-electron chi connectivity index (χ1n) is 6.37. The molecule has 0 aliphatic carbocycles. The molecule has 0 bridgehead atoms. The number of unbranched alkanes of at least 4 members (excludes halogenated alkanes) is 3. The van der Waals surface area contributed by atoms with Gasteiger partial charge in [0.1, 0.15) is 0 Å². The average molecular weight is 214 g/mol. The van der Waals surface area contributed by atoms with Crippen molar-refractivity contribution in [1.29, 1.82) is 0 Å². The van der Waals surface area contributed by atoms with Gasteiger partial charge in [0.15, 0.2) is 0 Å². The molecule has 0 aliphatic rings. The van der Waals surface area contributed by atoms with Gasteiger partial charge in [-0.3, -0.25) is 0 Å². The second kappa shape index (κ2) is 9.23. The fourth-order valence-electron chi connectivity index (χ4n) is 1.51. The first-order chi connectivity index (χ1) is 7.06. The third-order valence-corrected chi connectivity index (χ3v) is 2.14. The Morgan fingerprint density at radius 3 is 1.80 bits per heavy atom. The topological polar surface area (TPSA) is 18.5 Å². The van der Waals surface area contributed by atoms with Gasteiger partial charge in [0.05, 0.1) is 0 Å². The van der Waals surface area contributed by atoms with Crippen LogP contribution in [0, 0.1) is 0 Å². The van der Waals surface area contributed by atoms with E-state index in [4.69, 9.17) is 9.31 Å². The van der Waals surface area contributed by atoms with Crippen LogP contribution in [0.1, 0.15) is 60.3 Å². The van der Waals surface area contributed by atoms with Crippen molar-refractivity contribution < 1.29 is 9.31 Å². The molecule has 0 amide bonds. The van der Waals surface area contributed by atoms with Crippen LogP contribution in [0.2, 0.25) is 6.32 Å². The summed E-state index contributed by atoms with van der Waals surface area (Å²) in [6.45, 7) is 10.5. The fourth-order valence-corrected chi connectivity index (χ4v) is 1.51. The van der Waals surface area contributed by atoms with Crippen LogP contribution >= 0.6 is 0 Å². The lowest BCUT2D eigenvalue weighted by molar-refractivity contribution is 0.129. The molecule has 0 aromatic heterocycles. The summed E-state index contributed by atoms with van der Waals surface area (Å²) in [5, 5.41) is 0. The maximum Gasteiger partial charge on any atom is 0.457 e. The second-order valence-corrected chi connectivity index (χ2v) is 4.65. The van der Waals surface area contributed by atoms with Gasteiger partial charge >= 0.3 is 7.12 Å². The molecule has 0 fully saturated rings. The van der Waals surface area contributed by atoms with Gasteiger partial charge in [0.25, 0.3) is 0 Å². The van der Waals surface area contributed by atoms with Gasteiger partial charge in [-0.15, -0.1) is 0 Å². The lowest BCUT2D eigenvalue weighted by atomic mass is 9.81. The van der Waals surface area contributed by atoms with Crippen LogP contribution in [-0.4, -0.2) is 19.3 Å². The van der Waals surface area contributed by atoms with Crippen molar-refractivity contribution in [3.8, 4) is 0 Å². The Kier molecular flexibility index (Phi) is 9.22. The summed E-state index contributed by atoms with van der Waals surface area (Å²) in [4.78, 5) is 0. The molecule has 15 heavy (non-hydrogen) atoms. The van der Waals surface area contributed by atoms with E-state index >= 15 is 0 Å². The van der Waals surface area contributed by atoms with Crippen molar-refractivity contribution in [2.45, 2.75) is 78.8 Å². The van der Waals surface area contributed by atoms with Crippen molar-refractivity contribution in [2.24, 2.45) is 0 Å². The maximum atomic E-state index is 5.72. The number of hydrogen-bond acceptors (Lipinski definition) is 2. The molecule has 3 heteroatoms. The molecule has 90 valence electrons. The zero-order valence-electron chi connectivity index (χ0n) is 11.1. The van der Waals surface area contributed by atoms with Gasteiger partial charge < -0.3 is 9.31 Å². The summed E-state index contributed by atoms with van der Waals surface area (Å²) in [6, 6.07) is 0. The highest BCUT2D eigenvalue weighted by Crippen LogP contribution is 2.11. The van der Waals surface area contributed by atoms with E-state index < -0.39 is 0 Å². The SMILES string of the molecule is CCCCCCB(OC(C)C)OC(C)C. The Morgan fingerprint density at radius 1 is 0.867 bits per heavy atom. The van der Waals surface area contributed by atoms with Crippen LogP contribution in [0.5, 0.6) is 0 Å². The van der Waals surface area contributed by atoms with E-state index in [0.717, 1.165) is 6.32 Å². The van der Waals surface area contributed by atoms with Crippen molar-refractivity contribution in [3.05, 3.63) is 0 Å². The standard InChI is InChI=1S/C12H27BO2/c1-6-7-8-9-10-13(14-11(2)3)15-12(4)5/h11-12H,6-10H2,1-5H3. The molecule has 0 saturated carbocycles. The lowest BCUT2D eigenvalue weighted by Crippen LogP contribution is -2.29. The van der Waals surface area contributed by atoms with Crippen molar-refractivity contribution in [3.63, 3.8) is 0 Å². The Balaban J connectivity index is 3.69. The minimum absolute atomic E-state index is 0.0122. The molecule has 2 nitrogen and oxygen atoms in total. The number of rotatable bonds is 9. The summed E-state index contributed by atoms with van der Waals surface area (Å²) in [5.74, 6) is 0. The van der Waals surface area contributed by atoms with Crippen molar-refractivity contribution in [1.82, 2.24) is 0 Å². The van der Waals surface area contributed by atoms with E-state index in [-0.39, 0.29) is 19.3 Å². The Bertz CT molecular complexity index is 128. The van der Waals surface area contributed by atoms with Crippen LogP contribution in [0.4, 0.5) is 0 Å². The Morgan fingerprint density at radius 2 is 1.40 bits per heavy atom. The zero-order chi connectivity index (χ0) is 11.7. The summed E-state index contributed by atoms with van der Waals surface area (Å²) in [7, 11) is -0.0122. The second-order valence-electron chi connectivity index (χ2n) is 4.65. The third kappa shape index (κ3) is 10.3. The highest BCUT2D eigenvalue weighted by atomic mass is 16.6. The summed E-state index contributed by atoms with van der Waals surface area (Å²) < 4.78 is 11.4. The van der Waals surface area contributed by atoms with E-state index in [0.29, 0.717) is 0 Å². The first-order valence-corrected chi connectivity index (χ1v) is 6.37. The van der Waals surface area contributed by atoms with E-state index in [9.17, 15) is 0 Å². The van der Waals surface area contributed by atoms with E-state index in [2.05, 4.69) is 34.6 Å². The minimum Gasteiger partial charge on any atom is -0.409 e. The van der Waals surface area contributed by atoms with E-state index in [1.54, 1.807) is 0 Å². The van der Waals surface area contributed by atoms with E-state index in [1.807, 2.05) is 0 Å². The molecular weight excluding hydrogens is 187 g/mol. The molecular formula is C12H27BO2. The van der Waals surface area contributed by atoms with Gasteiger partial charge in [-0.05, 0) is 34.0 Å². The quantitative estimate of drug-likeness (QED) is 0.428. The lowest BCUT2D eigenvalue weighted by Gasteiger charge is -2.19. The molecule has 0 aliphatic heterocycles. The third-order valence-electron chi connectivity index (χ3n) is 2.14. The predicted octanol–water partition coefficient (Wildman–Crippen LogP) is 3.90. The molecule has 0 rings (SSSR count). The van der Waals surface area contributed by atoms with Crippen LogP contribution < -0.4 is 0 Å². The van der Waals surface area contributed by atoms with Gasteiger partial charge in [-0.2, -0.15) is 0 Å². The Hall–Kier alpha value is -0.0151. The molecule has 0 heterocycles. The van der Waals surface area contributed by atoms with Crippen LogP contribution in [0.15, 0.2) is 0 Å². The molecule has 0 radical (unpaired) electrons. The molecule has 0 saturated heterocycles. The van der Waals surface area contributed by atoms with Gasteiger partial charge in [-0.25, -0.2) is 0 Å². The Labute approximate surface area is 95.9 Å². The smallest absolute Gasteiger partial charge is 0.409 e. The monoisotopic (exact) mass is 214 g/mol. The minimum atomic E-state index is -0.0122. The van der Waals surface area contributed by atoms with Gasteiger partial charge in [0.2, 0.25) is 0 Å². The van der Waals surface area contributed by atoms with Crippen molar-refractivity contribution in [2.75, 3.05) is 0 Å². The van der Waals surface area contributed by atoms with Crippen LogP contribution in [0.25, 0.3) is 0 Å². The highest BCUT2D eigenvalue weighted by Gasteiger charge is 2.20. The van der Waals surface area contributed by atoms with Crippen LogP contribution in [-0.2, 0) is 9.31 Å². The zero-order valence-corrected chi connectivity index (χ0v) is 11.1. The normalized spacial score (nSPS) is 11.4. The predicted molar refractivity (Wildman–Crippen MR) is 67.1 cm³/mol.